The van der Waals surface area contributed by atoms with Crippen LogP contribution >= 0.6 is 0 Å². The average molecular weight is 274 g/mol. The highest BCUT2D eigenvalue weighted by Gasteiger charge is 2.07. The zero-order valence-electron chi connectivity index (χ0n) is 11.0. The third-order valence-electron chi connectivity index (χ3n) is 2.62. The van der Waals surface area contributed by atoms with Crippen molar-refractivity contribution >= 4 is 17.3 Å². The van der Waals surface area contributed by atoms with Gasteiger partial charge in [0.05, 0.1) is 0 Å². The number of hydrogen-bond acceptors (Lipinski definition) is 3. The molecule has 0 aromatic heterocycles. The molecule has 0 radical (unpaired) electrons. The first kappa shape index (κ1) is 13.9. The number of carbonyl (C=O) groups excluding carboxylic acids is 1. The number of nitrogens with one attached hydrogen (secondary N) is 1. The summed E-state index contributed by atoms with van der Waals surface area (Å²) in [6, 6.07) is 11.4. The first-order valence-electron chi connectivity index (χ1n) is 6.09. The minimum Gasteiger partial charge on any atom is -0.481 e. The number of hydrogen-bond donors (Lipinski definition) is 2. The van der Waals surface area contributed by atoms with Crippen molar-refractivity contribution in [2.45, 2.75) is 6.92 Å². The van der Waals surface area contributed by atoms with Gasteiger partial charge in [0, 0.05) is 17.4 Å². The van der Waals surface area contributed by atoms with Gasteiger partial charge >= 0.3 is 0 Å². The van der Waals surface area contributed by atoms with Crippen molar-refractivity contribution in [3.63, 3.8) is 0 Å². The fourth-order valence-electron chi connectivity index (χ4n) is 1.70. The van der Waals surface area contributed by atoms with Gasteiger partial charge in [-0.2, -0.15) is 0 Å². The molecule has 0 unspecified atom stereocenters. The molecule has 2 aromatic rings. The van der Waals surface area contributed by atoms with Gasteiger partial charge in [0.1, 0.15) is 0 Å². The lowest BCUT2D eigenvalue weighted by atomic mass is 10.2. The van der Waals surface area contributed by atoms with Gasteiger partial charge in [-0.05, 0) is 36.8 Å². The molecule has 104 valence electrons. The summed E-state index contributed by atoms with van der Waals surface area (Å²) < 4.78 is 18.6. The maximum Gasteiger partial charge on any atom is 0.262 e. The van der Waals surface area contributed by atoms with Crippen molar-refractivity contribution in [3.05, 3.63) is 53.8 Å². The van der Waals surface area contributed by atoms with E-state index in [0.717, 1.165) is 11.6 Å². The molecule has 3 N–H and O–H groups in total. The normalized spacial score (nSPS) is 10.1. The Bertz CT molecular complexity index is 629. The summed E-state index contributed by atoms with van der Waals surface area (Å²) in [6.07, 6.45) is 0. The van der Waals surface area contributed by atoms with Gasteiger partial charge < -0.3 is 15.8 Å². The standard InChI is InChI=1S/C15H15FN2O2/c1-10-3-2-4-12(7-10)18-15(19)9-20-14-6-5-11(17)8-13(14)16/h2-8H,9,17H2,1H3,(H,18,19). The molecule has 0 fully saturated rings. The molecular formula is C15H15FN2O2. The first-order chi connectivity index (χ1) is 9.54. The lowest BCUT2D eigenvalue weighted by molar-refractivity contribution is -0.118. The minimum absolute atomic E-state index is 0.00130. The van der Waals surface area contributed by atoms with Crippen molar-refractivity contribution in [1.29, 1.82) is 0 Å². The van der Waals surface area contributed by atoms with Crippen molar-refractivity contribution in [2.75, 3.05) is 17.7 Å². The largest absolute Gasteiger partial charge is 0.481 e. The van der Waals surface area contributed by atoms with Gasteiger partial charge in [-0.15, -0.1) is 0 Å². The van der Waals surface area contributed by atoms with E-state index in [-0.39, 0.29) is 18.3 Å². The number of carbonyl (C=O) groups is 1. The maximum absolute atomic E-state index is 13.4. The molecule has 0 atom stereocenters. The lowest BCUT2D eigenvalue weighted by Crippen LogP contribution is -2.20. The molecule has 20 heavy (non-hydrogen) atoms. The van der Waals surface area contributed by atoms with Crippen LogP contribution in [0.25, 0.3) is 0 Å². The van der Waals surface area contributed by atoms with Crippen LogP contribution in [-0.4, -0.2) is 12.5 Å². The minimum atomic E-state index is -0.589. The second-order valence-electron chi connectivity index (χ2n) is 4.40. The Morgan fingerprint density at radius 2 is 2.10 bits per heavy atom. The third-order valence-corrected chi connectivity index (χ3v) is 2.62. The number of amides is 1. The van der Waals surface area contributed by atoms with Crippen LogP contribution in [0, 0.1) is 12.7 Å². The molecular weight excluding hydrogens is 259 g/mol. The predicted molar refractivity (Wildman–Crippen MR) is 76.1 cm³/mol. The molecule has 0 bridgehead atoms. The van der Waals surface area contributed by atoms with E-state index in [1.165, 1.54) is 12.1 Å². The quantitative estimate of drug-likeness (QED) is 0.842. The number of aryl methyl sites for hydroxylation is 1. The number of ether oxygens (including phenoxy) is 1. The van der Waals surface area contributed by atoms with Crippen molar-refractivity contribution in [3.8, 4) is 5.75 Å². The molecule has 2 aromatic carbocycles. The molecule has 0 aliphatic carbocycles. The lowest BCUT2D eigenvalue weighted by Gasteiger charge is -2.09. The van der Waals surface area contributed by atoms with Gasteiger partial charge in [-0.3, -0.25) is 4.79 Å². The molecule has 0 aliphatic rings. The number of nitrogen functional groups attached to an aromatic ring is 1. The maximum atomic E-state index is 13.4. The number of rotatable bonds is 4. The van der Waals surface area contributed by atoms with Crippen LogP contribution in [-0.2, 0) is 4.79 Å². The summed E-state index contributed by atoms with van der Waals surface area (Å²) in [7, 11) is 0. The summed E-state index contributed by atoms with van der Waals surface area (Å²) in [5.41, 5.74) is 7.44. The Morgan fingerprint density at radius 1 is 1.30 bits per heavy atom. The third kappa shape index (κ3) is 3.71. The van der Waals surface area contributed by atoms with E-state index in [1.807, 2.05) is 25.1 Å². The monoisotopic (exact) mass is 274 g/mol. The van der Waals surface area contributed by atoms with Crippen LogP contribution in [0.4, 0.5) is 15.8 Å². The predicted octanol–water partition coefficient (Wildman–Crippen LogP) is 2.73. The van der Waals surface area contributed by atoms with Crippen LogP contribution in [0.15, 0.2) is 42.5 Å². The van der Waals surface area contributed by atoms with E-state index < -0.39 is 5.82 Å². The van der Waals surface area contributed by atoms with Crippen LogP contribution in [0.2, 0.25) is 0 Å². The van der Waals surface area contributed by atoms with E-state index >= 15 is 0 Å². The Balaban J connectivity index is 1.92. The van der Waals surface area contributed by atoms with Crippen LogP contribution in [0.5, 0.6) is 5.75 Å². The molecule has 0 saturated carbocycles. The zero-order valence-corrected chi connectivity index (χ0v) is 11.0. The second-order valence-corrected chi connectivity index (χ2v) is 4.40. The van der Waals surface area contributed by atoms with E-state index in [9.17, 15) is 9.18 Å². The molecule has 1 amide bonds. The average Bonchev–Trinajstić information content (AvgIpc) is 2.37. The van der Waals surface area contributed by atoms with Crippen LogP contribution in [0.3, 0.4) is 0 Å². The van der Waals surface area contributed by atoms with Gasteiger partial charge in [0.2, 0.25) is 0 Å². The molecule has 0 heterocycles. The zero-order chi connectivity index (χ0) is 14.5. The van der Waals surface area contributed by atoms with E-state index in [0.29, 0.717) is 11.4 Å². The number of benzene rings is 2. The summed E-state index contributed by atoms with van der Waals surface area (Å²) >= 11 is 0. The van der Waals surface area contributed by atoms with Crippen molar-refractivity contribution in [2.24, 2.45) is 0 Å². The van der Waals surface area contributed by atoms with Crippen molar-refractivity contribution in [1.82, 2.24) is 0 Å². The fraction of sp³-hybridized carbons (Fsp3) is 0.133. The van der Waals surface area contributed by atoms with E-state index in [2.05, 4.69) is 5.32 Å². The summed E-state index contributed by atoms with van der Waals surface area (Å²) in [4.78, 5) is 11.7. The Labute approximate surface area is 116 Å². The SMILES string of the molecule is Cc1cccc(NC(=O)COc2ccc(N)cc2F)c1. The number of halogens is 1. The molecule has 2 rings (SSSR count). The number of anilines is 2. The summed E-state index contributed by atoms with van der Waals surface area (Å²) in [6.45, 7) is 1.66. The van der Waals surface area contributed by atoms with Gasteiger partial charge in [0.25, 0.3) is 5.91 Å². The highest BCUT2D eigenvalue weighted by Crippen LogP contribution is 2.19. The molecule has 0 saturated heterocycles. The smallest absolute Gasteiger partial charge is 0.262 e. The van der Waals surface area contributed by atoms with E-state index in [4.69, 9.17) is 10.5 Å². The van der Waals surface area contributed by atoms with Crippen molar-refractivity contribution < 1.29 is 13.9 Å². The van der Waals surface area contributed by atoms with Gasteiger partial charge in [-0.25, -0.2) is 4.39 Å². The van der Waals surface area contributed by atoms with Crippen LogP contribution in [0.1, 0.15) is 5.56 Å². The molecule has 4 nitrogen and oxygen atoms in total. The molecule has 5 heteroatoms. The van der Waals surface area contributed by atoms with Crippen LogP contribution < -0.4 is 15.8 Å². The highest BCUT2D eigenvalue weighted by atomic mass is 19.1. The highest BCUT2D eigenvalue weighted by molar-refractivity contribution is 5.91. The van der Waals surface area contributed by atoms with Gasteiger partial charge in [-0.1, -0.05) is 12.1 Å². The molecule has 0 spiro atoms. The summed E-state index contributed by atoms with van der Waals surface area (Å²) in [5, 5.41) is 2.67. The topological polar surface area (TPSA) is 64.3 Å². The Morgan fingerprint density at radius 3 is 2.80 bits per heavy atom. The first-order valence-corrected chi connectivity index (χ1v) is 6.09. The Kier molecular flexibility index (Phi) is 4.20. The fourth-order valence-corrected chi connectivity index (χ4v) is 1.70. The number of nitrogens with two attached hydrogens (primary N) is 1. The summed E-state index contributed by atoms with van der Waals surface area (Å²) in [5.74, 6) is -0.946. The molecule has 0 aliphatic heterocycles. The second kappa shape index (κ2) is 6.06. The van der Waals surface area contributed by atoms with E-state index in [1.54, 1.807) is 6.07 Å². The Hall–Kier alpha value is -2.56. The van der Waals surface area contributed by atoms with Gasteiger partial charge in [0.15, 0.2) is 18.2 Å².